The molecule has 2 aliphatic rings. The van der Waals surface area contributed by atoms with Gasteiger partial charge in [0.15, 0.2) is 11.6 Å². The van der Waals surface area contributed by atoms with Crippen LogP contribution in [-0.4, -0.2) is 19.5 Å². The first-order chi connectivity index (χ1) is 28.8. The number of para-hydroxylation sites is 4. The summed E-state index contributed by atoms with van der Waals surface area (Å²) in [6, 6.07) is 71.4. The van der Waals surface area contributed by atoms with Crippen molar-refractivity contribution in [3.05, 3.63) is 222 Å². The van der Waals surface area contributed by atoms with Crippen molar-refractivity contribution in [1.82, 2.24) is 19.5 Å². The van der Waals surface area contributed by atoms with Gasteiger partial charge in [-0.1, -0.05) is 169 Å². The molecule has 0 fully saturated rings. The average Bonchev–Trinajstić information content (AvgIpc) is 3.65. The summed E-state index contributed by atoms with van der Waals surface area (Å²) in [6.07, 6.45) is 0. The third-order valence-corrected chi connectivity index (χ3v) is 12.9. The number of anilines is 3. The maximum absolute atomic E-state index is 5.23. The van der Waals surface area contributed by atoms with Crippen molar-refractivity contribution in [2.45, 2.75) is 15.2 Å². The Morgan fingerprint density at radius 3 is 1.60 bits per heavy atom. The second kappa shape index (κ2) is 12.9. The third kappa shape index (κ3) is 4.70. The van der Waals surface area contributed by atoms with E-state index in [9.17, 15) is 0 Å². The number of rotatable bonds is 4. The van der Waals surface area contributed by atoms with E-state index in [1.807, 2.05) is 48.2 Å². The Labute approximate surface area is 340 Å². The summed E-state index contributed by atoms with van der Waals surface area (Å²) >= 11 is 1.87. The molecule has 0 amide bonds. The molecule has 2 aromatic heterocycles. The highest BCUT2D eigenvalue weighted by atomic mass is 32.2. The molecule has 0 atom stereocenters. The Bertz CT molecular complexity index is 3110. The lowest BCUT2D eigenvalue weighted by Gasteiger charge is -2.49. The lowest BCUT2D eigenvalue weighted by molar-refractivity contribution is 0.695. The predicted molar refractivity (Wildman–Crippen MR) is 236 cm³/mol. The number of hydrogen-bond acceptors (Lipinski definition) is 5. The molecule has 10 aromatic rings. The van der Waals surface area contributed by atoms with E-state index in [0.29, 0.717) is 17.6 Å². The fourth-order valence-corrected chi connectivity index (χ4v) is 10.7. The molecule has 0 saturated carbocycles. The first-order valence-electron chi connectivity index (χ1n) is 19.5. The van der Waals surface area contributed by atoms with Gasteiger partial charge in [-0.15, -0.1) is 0 Å². The van der Waals surface area contributed by atoms with Crippen LogP contribution in [-0.2, 0) is 5.41 Å². The summed E-state index contributed by atoms with van der Waals surface area (Å²) in [7, 11) is 0. The minimum atomic E-state index is -0.596. The van der Waals surface area contributed by atoms with Crippen molar-refractivity contribution in [3.63, 3.8) is 0 Å². The molecule has 0 radical (unpaired) electrons. The summed E-state index contributed by atoms with van der Waals surface area (Å²) in [5.41, 5.74) is 11.9. The molecule has 0 N–H and O–H groups in total. The van der Waals surface area contributed by atoms with Crippen LogP contribution < -0.4 is 4.90 Å². The summed E-state index contributed by atoms with van der Waals surface area (Å²) in [6.45, 7) is 0. The van der Waals surface area contributed by atoms with Gasteiger partial charge in [0.1, 0.15) is 0 Å². The normalized spacial score (nSPS) is 13.6. The standard InChI is InChI=1S/C52H33N5S/c1-4-18-34(19-5-1)49-53-50(35-20-6-2-7-21-35)55-51(54-49)57-42-28-14-10-24-37(42)47-45(57)33-32-41-48(47)58-46-31-17-13-27-40(46)52(41)38-25-11-15-29-43(38)56(36-22-8-3-9-23-36)44-30-16-12-26-39(44)52/h1-33H. The third-order valence-electron chi connectivity index (χ3n) is 11.7. The SMILES string of the molecule is c1ccc(-c2nc(-c3ccccc3)nc(-n3c4ccccc4c4c5c(ccc43)C3(c4ccccc4S5)c4ccccc4N(c4ccccc4)c4ccccc43)n2)cc1. The van der Waals surface area contributed by atoms with Gasteiger partial charge in [-0.2, -0.15) is 9.97 Å². The zero-order valence-electron chi connectivity index (χ0n) is 31.2. The van der Waals surface area contributed by atoms with Crippen LogP contribution in [0.25, 0.3) is 50.5 Å². The number of benzene rings is 8. The molecule has 12 rings (SSSR count). The van der Waals surface area contributed by atoms with Gasteiger partial charge < -0.3 is 4.90 Å². The molecule has 272 valence electrons. The quantitative estimate of drug-likeness (QED) is 0.179. The number of hydrogen-bond donors (Lipinski definition) is 0. The van der Waals surface area contributed by atoms with Gasteiger partial charge in [0.25, 0.3) is 0 Å². The Morgan fingerprint density at radius 1 is 0.414 bits per heavy atom. The second-order valence-electron chi connectivity index (χ2n) is 14.8. The lowest BCUT2D eigenvalue weighted by atomic mass is 9.62. The van der Waals surface area contributed by atoms with Crippen LogP contribution >= 0.6 is 11.8 Å². The smallest absolute Gasteiger partial charge is 0.238 e. The molecule has 8 aromatic carbocycles. The van der Waals surface area contributed by atoms with E-state index in [1.165, 1.54) is 48.8 Å². The van der Waals surface area contributed by atoms with Gasteiger partial charge in [0, 0.05) is 37.4 Å². The van der Waals surface area contributed by atoms with Crippen LogP contribution in [0.4, 0.5) is 17.1 Å². The van der Waals surface area contributed by atoms with Gasteiger partial charge in [-0.3, -0.25) is 4.57 Å². The lowest BCUT2D eigenvalue weighted by Crippen LogP contribution is -2.39. The van der Waals surface area contributed by atoms with Gasteiger partial charge in [0.05, 0.1) is 27.8 Å². The molecule has 0 unspecified atom stereocenters. The van der Waals surface area contributed by atoms with Gasteiger partial charge >= 0.3 is 0 Å². The van der Waals surface area contributed by atoms with E-state index >= 15 is 0 Å². The van der Waals surface area contributed by atoms with Gasteiger partial charge in [0.2, 0.25) is 5.95 Å². The minimum Gasteiger partial charge on any atom is -0.310 e. The molecule has 58 heavy (non-hydrogen) atoms. The summed E-state index contributed by atoms with van der Waals surface area (Å²) in [5, 5.41) is 2.35. The topological polar surface area (TPSA) is 46.8 Å². The molecule has 1 spiro atoms. The zero-order valence-corrected chi connectivity index (χ0v) is 32.0. The first kappa shape index (κ1) is 32.9. The van der Waals surface area contributed by atoms with E-state index in [1.54, 1.807) is 0 Å². The Balaban J connectivity index is 1.18. The fourth-order valence-electron chi connectivity index (χ4n) is 9.35. The first-order valence-corrected chi connectivity index (χ1v) is 20.4. The minimum absolute atomic E-state index is 0.585. The van der Waals surface area contributed by atoms with Crippen molar-refractivity contribution < 1.29 is 0 Å². The highest BCUT2D eigenvalue weighted by Crippen LogP contribution is 2.64. The summed E-state index contributed by atoms with van der Waals surface area (Å²) in [5.74, 6) is 1.85. The highest BCUT2D eigenvalue weighted by molar-refractivity contribution is 7.99. The van der Waals surface area contributed by atoms with Crippen LogP contribution in [0.1, 0.15) is 22.3 Å². The maximum atomic E-state index is 5.23. The number of fused-ring (bicyclic) bond motifs is 12. The van der Waals surface area contributed by atoms with Crippen molar-refractivity contribution in [1.29, 1.82) is 0 Å². The number of aromatic nitrogens is 4. The average molecular weight is 760 g/mol. The molecule has 6 heteroatoms. The second-order valence-corrected chi connectivity index (χ2v) is 15.8. The van der Waals surface area contributed by atoms with Crippen LogP contribution in [0, 0.1) is 0 Å². The van der Waals surface area contributed by atoms with Gasteiger partial charge in [-0.05, 0) is 64.7 Å². The molecular weight excluding hydrogens is 727 g/mol. The molecule has 0 saturated heterocycles. The highest BCUT2D eigenvalue weighted by Gasteiger charge is 2.50. The van der Waals surface area contributed by atoms with Crippen LogP contribution in [0.15, 0.2) is 210 Å². The number of nitrogens with zero attached hydrogens (tertiary/aromatic N) is 5. The zero-order chi connectivity index (χ0) is 38.2. The predicted octanol–water partition coefficient (Wildman–Crippen LogP) is 12.9. The van der Waals surface area contributed by atoms with Gasteiger partial charge in [-0.25, -0.2) is 4.98 Å². The van der Waals surface area contributed by atoms with Crippen molar-refractivity contribution in [3.8, 4) is 28.7 Å². The molecule has 5 nitrogen and oxygen atoms in total. The Morgan fingerprint density at radius 2 is 0.948 bits per heavy atom. The Hall–Kier alpha value is -7.28. The van der Waals surface area contributed by atoms with Crippen LogP contribution in [0.2, 0.25) is 0 Å². The molecule has 2 aliphatic heterocycles. The van der Waals surface area contributed by atoms with E-state index in [4.69, 9.17) is 15.0 Å². The van der Waals surface area contributed by atoms with E-state index in [0.717, 1.165) is 33.2 Å². The molecular formula is C52H33N5S. The largest absolute Gasteiger partial charge is 0.310 e. The molecule has 0 aliphatic carbocycles. The molecule has 0 bridgehead atoms. The van der Waals surface area contributed by atoms with E-state index < -0.39 is 5.41 Å². The van der Waals surface area contributed by atoms with Crippen molar-refractivity contribution in [2.24, 2.45) is 0 Å². The van der Waals surface area contributed by atoms with E-state index in [-0.39, 0.29) is 0 Å². The maximum Gasteiger partial charge on any atom is 0.238 e. The van der Waals surface area contributed by atoms with E-state index in [2.05, 4.69) is 173 Å². The summed E-state index contributed by atoms with van der Waals surface area (Å²) < 4.78 is 2.24. The van der Waals surface area contributed by atoms with Crippen LogP contribution in [0.5, 0.6) is 0 Å². The fraction of sp³-hybridized carbons (Fsp3) is 0.0192. The monoisotopic (exact) mass is 759 g/mol. The summed E-state index contributed by atoms with van der Waals surface area (Å²) in [4.78, 5) is 20.4. The van der Waals surface area contributed by atoms with Crippen molar-refractivity contribution in [2.75, 3.05) is 4.90 Å². The van der Waals surface area contributed by atoms with Crippen molar-refractivity contribution >= 4 is 50.6 Å². The van der Waals surface area contributed by atoms with Crippen LogP contribution in [0.3, 0.4) is 0 Å². The Kier molecular flexibility index (Phi) is 7.31. The molecule has 4 heterocycles.